The molecule has 2 aromatic rings. The molecule has 0 radical (unpaired) electrons. The monoisotopic (exact) mass is 345 g/mol. The van der Waals surface area contributed by atoms with E-state index in [0.717, 1.165) is 17.7 Å². The van der Waals surface area contributed by atoms with Crippen LogP contribution >= 0.6 is 11.3 Å². The molecule has 0 saturated heterocycles. The zero-order valence-electron chi connectivity index (χ0n) is 14.0. The lowest BCUT2D eigenvalue weighted by atomic mass is 10.1. The van der Waals surface area contributed by atoms with E-state index in [-0.39, 0.29) is 24.9 Å². The fraction of sp³-hybridized carbons (Fsp3) is 0.333. The summed E-state index contributed by atoms with van der Waals surface area (Å²) in [4.78, 5) is 25.8. The molecule has 6 heteroatoms. The molecule has 5 nitrogen and oxygen atoms in total. The third-order valence-electron chi connectivity index (χ3n) is 3.56. The van der Waals surface area contributed by atoms with E-state index in [1.54, 1.807) is 11.3 Å². The van der Waals surface area contributed by atoms with Gasteiger partial charge in [-0.15, -0.1) is 0 Å². The number of thiophene rings is 1. The number of amides is 2. The number of likely N-dealkylation sites (N-methyl/N-ethyl adjacent to an activating group) is 1. The van der Waals surface area contributed by atoms with Crippen molar-refractivity contribution in [1.29, 1.82) is 0 Å². The number of para-hydroxylation sites is 1. The largest absolute Gasteiger partial charge is 0.346 e. The van der Waals surface area contributed by atoms with Gasteiger partial charge in [-0.1, -0.05) is 25.1 Å². The maximum atomic E-state index is 12.0. The molecule has 0 aliphatic heterocycles. The van der Waals surface area contributed by atoms with E-state index in [9.17, 15) is 9.59 Å². The van der Waals surface area contributed by atoms with Gasteiger partial charge >= 0.3 is 0 Å². The van der Waals surface area contributed by atoms with Gasteiger partial charge in [0.15, 0.2) is 0 Å². The van der Waals surface area contributed by atoms with Crippen molar-refractivity contribution < 1.29 is 9.59 Å². The Bertz CT molecular complexity index is 671. The van der Waals surface area contributed by atoms with Gasteiger partial charge in [-0.25, -0.2) is 0 Å². The first kappa shape index (κ1) is 18.2. The van der Waals surface area contributed by atoms with Crippen molar-refractivity contribution in [1.82, 2.24) is 10.2 Å². The van der Waals surface area contributed by atoms with Crippen LogP contribution < -0.4 is 10.6 Å². The van der Waals surface area contributed by atoms with Crippen molar-refractivity contribution in [3.05, 3.63) is 52.2 Å². The van der Waals surface area contributed by atoms with Gasteiger partial charge in [0.1, 0.15) is 0 Å². The van der Waals surface area contributed by atoms with E-state index >= 15 is 0 Å². The van der Waals surface area contributed by atoms with E-state index in [2.05, 4.69) is 16.0 Å². The van der Waals surface area contributed by atoms with E-state index in [1.165, 1.54) is 5.56 Å². The predicted octanol–water partition coefficient (Wildman–Crippen LogP) is 2.50. The molecule has 0 unspecified atom stereocenters. The molecule has 128 valence electrons. The SMILES string of the molecule is CCc1ccccc1NC(=O)CNC(=O)CN(C)Cc1ccsc1. The van der Waals surface area contributed by atoms with Gasteiger partial charge in [-0.3, -0.25) is 14.5 Å². The molecule has 0 aliphatic carbocycles. The van der Waals surface area contributed by atoms with E-state index in [0.29, 0.717) is 6.54 Å². The molecular formula is C18H23N3O2S. The smallest absolute Gasteiger partial charge is 0.243 e. The Hall–Kier alpha value is -2.18. The number of nitrogens with zero attached hydrogens (tertiary/aromatic N) is 1. The maximum Gasteiger partial charge on any atom is 0.243 e. The van der Waals surface area contributed by atoms with Crippen LogP contribution in [0.5, 0.6) is 0 Å². The maximum absolute atomic E-state index is 12.0. The van der Waals surface area contributed by atoms with Crippen LogP contribution in [-0.2, 0) is 22.6 Å². The summed E-state index contributed by atoms with van der Waals surface area (Å²) in [6.07, 6.45) is 0.843. The van der Waals surface area contributed by atoms with Gasteiger partial charge in [0, 0.05) is 12.2 Å². The minimum atomic E-state index is -0.218. The number of rotatable bonds is 8. The second kappa shape index (κ2) is 9.20. The molecule has 0 atom stereocenters. The molecule has 24 heavy (non-hydrogen) atoms. The fourth-order valence-corrected chi connectivity index (χ4v) is 3.03. The molecule has 2 N–H and O–H groups in total. The van der Waals surface area contributed by atoms with E-state index in [4.69, 9.17) is 0 Å². The van der Waals surface area contributed by atoms with Gasteiger partial charge in [0.05, 0.1) is 13.1 Å². The number of carbonyl (C=O) groups excluding carboxylic acids is 2. The van der Waals surface area contributed by atoms with Crippen LogP contribution in [0.1, 0.15) is 18.1 Å². The molecule has 0 spiro atoms. The number of hydrogen-bond acceptors (Lipinski definition) is 4. The zero-order chi connectivity index (χ0) is 17.4. The second-order valence-corrected chi connectivity index (χ2v) is 6.42. The van der Waals surface area contributed by atoms with Gasteiger partial charge in [0.2, 0.25) is 11.8 Å². The number of benzene rings is 1. The third kappa shape index (κ3) is 5.79. The number of nitrogens with one attached hydrogen (secondary N) is 2. The standard InChI is InChI=1S/C18H23N3O2S/c1-3-15-6-4-5-7-16(15)20-17(22)10-19-18(23)12-21(2)11-14-8-9-24-13-14/h4-9,13H,3,10-12H2,1-2H3,(H,19,23)(H,20,22). The summed E-state index contributed by atoms with van der Waals surface area (Å²) in [5.41, 5.74) is 3.06. The summed E-state index contributed by atoms with van der Waals surface area (Å²) in [6, 6.07) is 9.71. The lowest BCUT2D eigenvalue weighted by Crippen LogP contribution is -2.39. The number of carbonyl (C=O) groups is 2. The third-order valence-corrected chi connectivity index (χ3v) is 4.30. The van der Waals surface area contributed by atoms with Crippen molar-refractivity contribution in [2.45, 2.75) is 19.9 Å². The highest BCUT2D eigenvalue weighted by atomic mass is 32.1. The van der Waals surface area contributed by atoms with Gasteiger partial charge in [-0.05, 0) is 47.5 Å². The van der Waals surface area contributed by atoms with Crippen molar-refractivity contribution in [3.63, 3.8) is 0 Å². The van der Waals surface area contributed by atoms with Crippen molar-refractivity contribution in [3.8, 4) is 0 Å². The lowest BCUT2D eigenvalue weighted by Gasteiger charge is -2.15. The van der Waals surface area contributed by atoms with Crippen LogP contribution in [0, 0.1) is 0 Å². The van der Waals surface area contributed by atoms with Gasteiger partial charge in [-0.2, -0.15) is 11.3 Å². The van der Waals surface area contributed by atoms with Crippen LogP contribution in [0.3, 0.4) is 0 Å². The molecule has 1 aromatic heterocycles. The summed E-state index contributed by atoms with van der Waals surface area (Å²) < 4.78 is 0. The van der Waals surface area contributed by atoms with E-state index < -0.39 is 0 Å². The predicted molar refractivity (Wildman–Crippen MR) is 98.1 cm³/mol. The summed E-state index contributed by atoms with van der Waals surface area (Å²) >= 11 is 1.64. The van der Waals surface area contributed by atoms with Crippen molar-refractivity contribution in [2.75, 3.05) is 25.5 Å². The van der Waals surface area contributed by atoms with Gasteiger partial charge < -0.3 is 10.6 Å². The summed E-state index contributed by atoms with van der Waals surface area (Å²) in [5, 5.41) is 9.58. The molecule has 1 heterocycles. The molecule has 2 rings (SSSR count). The molecule has 0 aliphatic rings. The minimum absolute atomic E-state index is 0.0246. The average molecular weight is 345 g/mol. The van der Waals surface area contributed by atoms with Crippen LogP contribution in [0.15, 0.2) is 41.1 Å². The van der Waals surface area contributed by atoms with E-state index in [1.807, 2.05) is 54.6 Å². The van der Waals surface area contributed by atoms with Crippen LogP contribution in [-0.4, -0.2) is 36.9 Å². The summed E-state index contributed by atoms with van der Waals surface area (Å²) in [5.74, 6) is -0.378. The minimum Gasteiger partial charge on any atom is -0.346 e. The van der Waals surface area contributed by atoms with Gasteiger partial charge in [0.25, 0.3) is 0 Å². The topological polar surface area (TPSA) is 61.4 Å². The first-order valence-corrected chi connectivity index (χ1v) is 8.87. The second-order valence-electron chi connectivity index (χ2n) is 5.64. The van der Waals surface area contributed by atoms with Crippen LogP contribution in [0.25, 0.3) is 0 Å². The number of hydrogen-bond donors (Lipinski definition) is 2. The average Bonchev–Trinajstić information content (AvgIpc) is 3.06. The quantitative estimate of drug-likeness (QED) is 0.773. The first-order chi connectivity index (χ1) is 11.6. The van der Waals surface area contributed by atoms with Crippen molar-refractivity contribution >= 4 is 28.8 Å². The summed E-state index contributed by atoms with van der Waals surface area (Å²) in [6.45, 7) is 2.99. The Morgan fingerprint density at radius 1 is 1.17 bits per heavy atom. The zero-order valence-corrected chi connectivity index (χ0v) is 14.9. The van der Waals surface area contributed by atoms with Crippen molar-refractivity contribution in [2.24, 2.45) is 0 Å². The highest BCUT2D eigenvalue weighted by Gasteiger charge is 2.10. The Labute approximate surface area is 146 Å². The summed E-state index contributed by atoms with van der Waals surface area (Å²) in [7, 11) is 1.88. The van der Waals surface area contributed by atoms with Crippen LogP contribution in [0.4, 0.5) is 5.69 Å². The number of anilines is 1. The first-order valence-electron chi connectivity index (χ1n) is 7.92. The highest BCUT2D eigenvalue weighted by molar-refractivity contribution is 7.07. The molecule has 2 amide bonds. The number of aryl methyl sites for hydroxylation is 1. The fourth-order valence-electron chi connectivity index (χ4n) is 2.38. The molecule has 0 saturated carbocycles. The molecule has 1 aromatic carbocycles. The Morgan fingerprint density at radius 3 is 2.67 bits per heavy atom. The molecule has 0 fully saturated rings. The highest BCUT2D eigenvalue weighted by Crippen LogP contribution is 2.14. The Kier molecular flexibility index (Phi) is 6.96. The van der Waals surface area contributed by atoms with Crippen LogP contribution in [0.2, 0.25) is 0 Å². The Morgan fingerprint density at radius 2 is 1.96 bits per heavy atom. The normalized spacial score (nSPS) is 10.6. The Balaban J connectivity index is 1.73. The molecular weight excluding hydrogens is 322 g/mol. The molecule has 0 bridgehead atoms. The lowest BCUT2D eigenvalue weighted by molar-refractivity contribution is -0.124.